The lowest BCUT2D eigenvalue weighted by Crippen LogP contribution is -2.30. The zero-order valence-electron chi connectivity index (χ0n) is 18.7. The van der Waals surface area contributed by atoms with Gasteiger partial charge in [-0.3, -0.25) is 0 Å². The highest BCUT2D eigenvalue weighted by molar-refractivity contribution is 6.33. The molecule has 0 radical (unpaired) electrons. The summed E-state index contributed by atoms with van der Waals surface area (Å²) >= 11 is 6.17. The van der Waals surface area contributed by atoms with E-state index in [4.69, 9.17) is 22.3 Å². The average Bonchev–Trinajstić information content (AvgIpc) is 3.21. The van der Waals surface area contributed by atoms with Crippen LogP contribution < -0.4 is 16.4 Å². The van der Waals surface area contributed by atoms with Crippen LogP contribution in [0, 0.1) is 5.92 Å². The number of hydrogen-bond acceptors (Lipinski definition) is 7. The van der Waals surface area contributed by atoms with Crippen molar-refractivity contribution in [3.63, 3.8) is 0 Å². The number of nitrogen functional groups attached to an aromatic ring is 1. The Morgan fingerprint density at radius 2 is 1.88 bits per heavy atom. The number of halogens is 1. The predicted molar refractivity (Wildman–Crippen MR) is 133 cm³/mol. The molecule has 0 saturated heterocycles. The van der Waals surface area contributed by atoms with Crippen molar-refractivity contribution in [2.45, 2.75) is 33.0 Å². The Kier molecular flexibility index (Phi) is 6.96. The predicted octanol–water partition coefficient (Wildman–Crippen LogP) is 4.15. The van der Waals surface area contributed by atoms with Gasteiger partial charge in [-0.15, -0.1) is 0 Å². The van der Waals surface area contributed by atoms with Crippen LogP contribution >= 0.6 is 11.6 Å². The Hall–Kier alpha value is -3.36. The summed E-state index contributed by atoms with van der Waals surface area (Å²) in [7, 11) is 0. The van der Waals surface area contributed by atoms with Crippen molar-refractivity contribution in [2.75, 3.05) is 23.0 Å². The van der Waals surface area contributed by atoms with E-state index in [1.807, 2.05) is 48.7 Å². The van der Waals surface area contributed by atoms with Crippen LogP contribution in [0.4, 0.5) is 17.5 Å². The maximum absolute atomic E-state index is 9.78. The van der Waals surface area contributed by atoms with Crippen molar-refractivity contribution >= 4 is 40.2 Å². The molecule has 0 saturated carbocycles. The summed E-state index contributed by atoms with van der Waals surface area (Å²) in [6.07, 6.45) is 1.76. The molecule has 1 unspecified atom stereocenters. The maximum Gasteiger partial charge on any atom is 0.227 e. The third-order valence-electron chi connectivity index (χ3n) is 5.57. The highest BCUT2D eigenvalue weighted by Crippen LogP contribution is 2.26. The fourth-order valence-electron chi connectivity index (χ4n) is 3.53. The number of aliphatic hydroxyl groups excluding tert-OH is 1. The Labute approximate surface area is 197 Å². The van der Waals surface area contributed by atoms with Gasteiger partial charge < -0.3 is 26.0 Å². The lowest BCUT2D eigenvalue weighted by molar-refractivity contribution is 0.248. The first kappa shape index (κ1) is 22.8. The van der Waals surface area contributed by atoms with E-state index in [0.717, 1.165) is 11.1 Å². The van der Waals surface area contributed by atoms with Crippen LogP contribution in [0.15, 0.2) is 54.9 Å². The maximum atomic E-state index is 9.78. The van der Waals surface area contributed by atoms with Crippen molar-refractivity contribution in [1.82, 2.24) is 19.5 Å². The minimum atomic E-state index is -0.177. The Bertz CT molecular complexity index is 1230. The van der Waals surface area contributed by atoms with Gasteiger partial charge in [-0.05, 0) is 23.1 Å². The number of fused-ring (bicyclic) bond motifs is 1. The minimum absolute atomic E-state index is 0.0237. The van der Waals surface area contributed by atoms with Gasteiger partial charge in [-0.1, -0.05) is 67.9 Å². The molecular formula is C24H28ClN7O. The van der Waals surface area contributed by atoms with Gasteiger partial charge in [0.2, 0.25) is 5.95 Å². The number of imidazole rings is 1. The van der Waals surface area contributed by atoms with Gasteiger partial charge >= 0.3 is 0 Å². The van der Waals surface area contributed by atoms with E-state index in [0.29, 0.717) is 46.7 Å². The molecule has 2 heterocycles. The number of anilines is 3. The number of aliphatic hydroxyl groups is 1. The average molecular weight is 466 g/mol. The van der Waals surface area contributed by atoms with Crippen molar-refractivity contribution < 1.29 is 5.11 Å². The molecule has 0 aliphatic carbocycles. The first-order chi connectivity index (χ1) is 16.0. The number of hydrogen-bond donors (Lipinski definition) is 4. The number of aromatic nitrogens is 4. The number of nitrogens with zero attached hydrogens (tertiary/aromatic N) is 4. The van der Waals surface area contributed by atoms with E-state index in [1.54, 1.807) is 12.4 Å². The fraction of sp³-hybridized carbons (Fsp3) is 0.292. The van der Waals surface area contributed by atoms with Gasteiger partial charge in [0.1, 0.15) is 0 Å². The molecule has 0 fully saturated rings. The molecule has 1 atom stereocenters. The number of rotatable bonds is 9. The smallest absolute Gasteiger partial charge is 0.227 e. The summed E-state index contributed by atoms with van der Waals surface area (Å²) in [5.41, 5.74) is 10.0. The first-order valence-electron chi connectivity index (χ1n) is 10.9. The molecule has 8 nitrogen and oxygen atoms in total. The standard InChI is InChI=1S/C24H28ClN7O/c1-15(2)19(13-33)29-24-30-22(27-11-17-9-6-10-18(25)20(17)26)21-23(31-24)32(14-28-21)12-16-7-4-3-5-8-16/h3-10,14-15,19,33H,11-13,26H2,1-2H3,(H2,27,29,30,31). The Balaban J connectivity index is 1.71. The quantitative estimate of drug-likeness (QED) is 0.274. The summed E-state index contributed by atoms with van der Waals surface area (Å²) in [6.45, 7) is 5.10. The third-order valence-corrected chi connectivity index (χ3v) is 5.89. The highest BCUT2D eigenvalue weighted by atomic mass is 35.5. The van der Waals surface area contributed by atoms with Gasteiger partial charge in [0.15, 0.2) is 17.0 Å². The second-order valence-electron chi connectivity index (χ2n) is 8.27. The lowest BCUT2D eigenvalue weighted by atomic mass is 10.1. The van der Waals surface area contributed by atoms with E-state index in [1.165, 1.54) is 0 Å². The fourth-order valence-corrected chi connectivity index (χ4v) is 3.73. The second kappa shape index (κ2) is 10.1. The molecule has 0 spiro atoms. The van der Waals surface area contributed by atoms with E-state index < -0.39 is 0 Å². The first-order valence-corrected chi connectivity index (χ1v) is 11.2. The molecule has 4 aromatic rings. The molecule has 2 aromatic heterocycles. The molecule has 0 amide bonds. The number of nitrogens with two attached hydrogens (primary N) is 1. The van der Waals surface area contributed by atoms with Gasteiger partial charge in [-0.2, -0.15) is 9.97 Å². The summed E-state index contributed by atoms with van der Waals surface area (Å²) in [5.74, 6) is 1.20. The number of benzene rings is 2. The molecule has 2 aromatic carbocycles. The van der Waals surface area contributed by atoms with Crippen LogP contribution in [0.1, 0.15) is 25.0 Å². The molecule has 0 aliphatic rings. The van der Waals surface area contributed by atoms with Gasteiger partial charge in [0, 0.05) is 6.54 Å². The SMILES string of the molecule is CC(C)C(CO)Nc1nc(NCc2cccc(Cl)c2N)c2ncn(Cc3ccccc3)c2n1. The molecule has 33 heavy (non-hydrogen) atoms. The monoisotopic (exact) mass is 465 g/mol. The number of para-hydroxylation sites is 1. The van der Waals surface area contributed by atoms with Crippen LogP contribution in [-0.2, 0) is 13.1 Å². The van der Waals surface area contributed by atoms with E-state index in [2.05, 4.69) is 32.7 Å². The molecule has 0 bridgehead atoms. The van der Waals surface area contributed by atoms with Gasteiger partial charge in [0.05, 0.1) is 36.2 Å². The largest absolute Gasteiger partial charge is 0.397 e. The van der Waals surface area contributed by atoms with E-state index in [-0.39, 0.29) is 18.6 Å². The van der Waals surface area contributed by atoms with Crippen LogP contribution in [-0.4, -0.2) is 37.3 Å². The minimum Gasteiger partial charge on any atom is -0.397 e. The van der Waals surface area contributed by atoms with E-state index >= 15 is 0 Å². The highest BCUT2D eigenvalue weighted by Gasteiger charge is 2.18. The summed E-state index contributed by atoms with van der Waals surface area (Å²) in [4.78, 5) is 14.0. The number of nitrogens with one attached hydrogen (secondary N) is 2. The van der Waals surface area contributed by atoms with Crippen LogP contribution in [0.25, 0.3) is 11.2 Å². The van der Waals surface area contributed by atoms with Crippen LogP contribution in [0.5, 0.6) is 0 Å². The Morgan fingerprint density at radius 3 is 2.61 bits per heavy atom. The summed E-state index contributed by atoms with van der Waals surface area (Å²) in [6, 6.07) is 15.5. The van der Waals surface area contributed by atoms with Crippen LogP contribution in [0.3, 0.4) is 0 Å². The normalized spacial score (nSPS) is 12.3. The van der Waals surface area contributed by atoms with Crippen molar-refractivity contribution in [1.29, 1.82) is 0 Å². The molecule has 4 rings (SSSR count). The second-order valence-corrected chi connectivity index (χ2v) is 8.68. The zero-order chi connectivity index (χ0) is 23.4. The molecule has 0 aliphatic heterocycles. The van der Waals surface area contributed by atoms with Gasteiger partial charge in [0.25, 0.3) is 0 Å². The zero-order valence-corrected chi connectivity index (χ0v) is 19.4. The molecule has 172 valence electrons. The van der Waals surface area contributed by atoms with Gasteiger partial charge in [-0.25, -0.2) is 4.98 Å². The van der Waals surface area contributed by atoms with E-state index in [9.17, 15) is 5.11 Å². The lowest BCUT2D eigenvalue weighted by Gasteiger charge is -2.20. The molecule has 9 heteroatoms. The molecule has 5 N–H and O–H groups in total. The molecular weight excluding hydrogens is 438 g/mol. The topological polar surface area (TPSA) is 114 Å². The van der Waals surface area contributed by atoms with Crippen molar-refractivity contribution in [3.8, 4) is 0 Å². The summed E-state index contributed by atoms with van der Waals surface area (Å²) in [5, 5.41) is 16.9. The van der Waals surface area contributed by atoms with Crippen molar-refractivity contribution in [2.24, 2.45) is 5.92 Å². The summed E-state index contributed by atoms with van der Waals surface area (Å²) < 4.78 is 1.99. The van der Waals surface area contributed by atoms with Crippen LogP contribution in [0.2, 0.25) is 5.02 Å². The van der Waals surface area contributed by atoms with Crippen molar-refractivity contribution in [3.05, 3.63) is 71.0 Å². The third kappa shape index (κ3) is 5.18. The Morgan fingerprint density at radius 1 is 1.09 bits per heavy atom.